The lowest BCUT2D eigenvalue weighted by atomic mass is 10.1. The minimum Gasteiger partial charge on any atom is -0.497 e. The Morgan fingerprint density at radius 3 is 2.89 bits per heavy atom. The summed E-state index contributed by atoms with van der Waals surface area (Å²) in [5.74, 6) is 1.97. The Hall–Kier alpha value is -1.48. The van der Waals surface area contributed by atoms with Gasteiger partial charge in [-0.2, -0.15) is 0 Å². The van der Waals surface area contributed by atoms with Crippen LogP contribution in [0.15, 0.2) is 22.6 Å². The third-order valence-corrected chi connectivity index (χ3v) is 3.56. The molecule has 0 amide bonds. The van der Waals surface area contributed by atoms with Crippen LogP contribution in [0, 0.1) is 0 Å². The Morgan fingerprint density at radius 1 is 1.39 bits per heavy atom. The Labute approximate surface area is 107 Å². The van der Waals surface area contributed by atoms with E-state index in [4.69, 9.17) is 9.15 Å². The smallest absolute Gasteiger partial charge is 0.134 e. The van der Waals surface area contributed by atoms with Crippen molar-refractivity contribution >= 4 is 11.0 Å². The summed E-state index contributed by atoms with van der Waals surface area (Å²) in [5.41, 5.74) is 2.26. The van der Waals surface area contributed by atoms with Crippen LogP contribution in [0.5, 0.6) is 5.75 Å². The molecule has 1 aliphatic carbocycles. The number of fused-ring (bicyclic) bond motifs is 1. The molecule has 0 aliphatic heterocycles. The van der Waals surface area contributed by atoms with Crippen molar-refractivity contribution in [3.63, 3.8) is 0 Å². The van der Waals surface area contributed by atoms with Gasteiger partial charge in [0.05, 0.1) is 13.7 Å². The van der Waals surface area contributed by atoms with Gasteiger partial charge in [-0.05, 0) is 37.5 Å². The molecule has 1 N–H and O–H groups in total. The molecule has 3 rings (SSSR count). The van der Waals surface area contributed by atoms with Gasteiger partial charge in [0.15, 0.2) is 0 Å². The molecule has 96 valence electrons. The molecule has 1 saturated carbocycles. The van der Waals surface area contributed by atoms with Crippen LogP contribution in [-0.4, -0.2) is 13.2 Å². The van der Waals surface area contributed by atoms with Crippen molar-refractivity contribution in [3.05, 3.63) is 29.5 Å². The second-order valence-electron chi connectivity index (χ2n) is 4.87. The molecule has 0 saturated heterocycles. The maximum Gasteiger partial charge on any atom is 0.134 e. The Bertz CT molecular complexity index is 555. The predicted molar refractivity (Wildman–Crippen MR) is 72.0 cm³/mol. The lowest BCUT2D eigenvalue weighted by Gasteiger charge is -2.02. The van der Waals surface area contributed by atoms with Crippen LogP contribution in [0.3, 0.4) is 0 Å². The van der Waals surface area contributed by atoms with E-state index in [2.05, 4.69) is 18.3 Å². The van der Waals surface area contributed by atoms with E-state index >= 15 is 0 Å². The highest BCUT2D eigenvalue weighted by molar-refractivity contribution is 5.83. The van der Waals surface area contributed by atoms with Crippen molar-refractivity contribution in [2.24, 2.45) is 0 Å². The summed E-state index contributed by atoms with van der Waals surface area (Å²) in [5, 5.41) is 4.70. The number of ether oxygens (including phenoxy) is 1. The topological polar surface area (TPSA) is 34.4 Å². The van der Waals surface area contributed by atoms with Gasteiger partial charge in [0.1, 0.15) is 17.1 Å². The number of hydrogen-bond donors (Lipinski definition) is 1. The number of benzene rings is 1. The van der Waals surface area contributed by atoms with Gasteiger partial charge in [-0.3, -0.25) is 0 Å². The minimum atomic E-state index is 0.706. The summed E-state index contributed by atoms with van der Waals surface area (Å²) in [4.78, 5) is 0. The van der Waals surface area contributed by atoms with Gasteiger partial charge in [0, 0.05) is 17.0 Å². The average molecular weight is 245 g/mol. The summed E-state index contributed by atoms with van der Waals surface area (Å²) in [7, 11) is 1.70. The summed E-state index contributed by atoms with van der Waals surface area (Å²) >= 11 is 0. The van der Waals surface area contributed by atoms with Crippen molar-refractivity contribution < 1.29 is 9.15 Å². The largest absolute Gasteiger partial charge is 0.497 e. The highest BCUT2D eigenvalue weighted by Gasteiger charge is 2.22. The van der Waals surface area contributed by atoms with E-state index in [1.54, 1.807) is 7.11 Å². The molecule has 0 atom stereocenters. The number of aryl methyl sites for hydroxylation is 1. The van der Waals surface area contributed by atoms with E-state index in [0.717, 1.165) is 30.1 Å². The first-order valence-electron chi connectivity index (χ1n) is 6.63. The van der Waals surface area contributed by atoms with Crippen LogP contribution in [0.1, 0.15) is 31.1 Å². The quantitative estimate of drug-likeness (QED) is 0.878. The molecule has 2 aromatic rings. The maximum absolute atomic E-state index is 5.95. The fraction of sp³-hybridized carbons (Fsp3) is 0.467. The van der Waals surface area contributed by atoms with Gasteiger partial charge in [0.2, 0.25) is 0 Å². The van der Waals surface area contributed by atoms with Crippen LogP contribution in [0.25, 0.3) is 11.0 Å². The molecule has 0 spiro atoms. The van der Waals surface area contributed by atoms with Gasteiger partial charge in [-0.1, -0.05) is 6.92 Å². The highest BCUT2D eigenvalue weighted by Crippen LogP contribution is 2.30. The molecule has 1 heterocycles. The third-order valence-electron chi connectivity index (χ3n) is 3.56. The van der Waals surface area contributed by atoms with E-state index in [-0.39, 0.29) is 0 Å². The van der Waals surface area contributed by atoms with Crippen molar-refractivity contribution in [1.29, 1.82) is 0 Å². The normalized spacial score (nSPS) is 15.2. The molecule has 3 heteroatoms. The number of furan rings is 1. The SMILES string of the molecule is CCc1c(CNC2CC2)oc2ccc(OC)cc12. The fourth-order valence-electron chi connectivity index (χ4n) is 2.36. The number of hydrogen-bond acceptors (Lipinski definition) is 3. The van der Waals surface area contributed by atoms with Crippen LogP contribution in [0.4, 0.5) is 0 Å². The molecular weight excluding hydrogens is 226 g/mol. The Balaban J connectivity index is 1.96. The second kappa shape index (κ2) is 4.65. The minimum absolute atomic E-state index is 0.706. The number of nitrogens with one attached hydrogen (secondary N) is 1. The van der Waals surface area contributed by atoms with Crippen molar-refractivity contribution in [2.45, 2.75) is 38.8 Å². The van der Waals surface area contributed by atoms with Crippen LogP contribution in [0.2, 0.25) is 0 Å². The molecule has 1 aliphatic rings. The van der Waals surface area contributed by atoms with Crippen molar-refractivity contribution in [2.75, 3.05) is 7.11 Å². The van der Waals surface area contributed by atoms with Gasteiger partial charge >= 0.3 is 0 Å². The zero-order valence-electron chi connectivity index (χ0n) is 11.0. The zero-order chi connectivity index (χ0) is 12.5. The van der Waals surface area contributed by atoms with E-state index < -0.39 is 0 Å². The monoisotopic (exact) mass is 245 g/mol. The van der Waals surface area contributed by atoms with E-state index in [1.807, 2.05) is 12.1 Å². The number of rotatable bonds is 5. The second-order valence-corrected chi connectivity index (χ2v) is 4.87. The summed E-state index contributed by atoms with van der Waals surface area (Å²) in [6.07, 6.45) is 3.59. The van der Waals surface area contributed by atoms with Crippen molar-refractivity contribution in [3.8, 4) is 5.75 Å². The molecule has 3 nitrogen and oxygen atoms in total. The van der Waals surface area contributed by atoms with Gasteiger partial charge in [0.25, 0.3) is 0 Å². The summed E-state index contributed by atoms with van der Waals surface area (Å²) in [6, 6.07) is 6.72. The maximum atomic E-state index is 5.95. The molecule has 1 fully saturated rings. The Kier molecular flexibility index (Phi) is 3.00. The Morgan fingerprint density at radius 2 is 2.22 bits per heavy atom. The van der Waals surface area contributed by atoms with Crippen LogP contribution < -0.4 is 10.1 Å². The highest BCUT2D eigenvalue weighted by atomic mass is 16.5. The predicted octanol–water partition coefficient (Wildman–Crippen LogP) is 3.26. The van der Waals surface area contributed by atoms with Crippen molar-refractivity contribution in [1.82, 2.24) is 5.32 Å². The van der Waals surface area contributed by atoms with E-state index in [0.29, 0.717) is 6.04 Å². The lowest BCUT2D eigenvalue weighted by Crippen LogP contribution is -2.15. The first-order valence-corrected chi connectivity index (χ1v) is 6.63. The molecular formula is C15H19NO2. The lowest BCUT2D eigenvalue weighted by molar-refractivity contribution is 0.415. The summed E-state index contributed by atoms with van der Waals surface area (Å²) in [6.45, 7) is 3.01. The molecule has 0 bridgehead atoms. The molecule has 1 aromatic heterocycles. The third kappa shape index (κ3) is 2.10. The molecule has 0 radical (unpaired) electrons. The van der Waals surface area contributed by atoms with E-state index in [9.17, 15) is 0 Å². The molecule has 0 unspecified atom stereocenters. The van der Waals surface area contributed by atoms with E-state index in [1.165, 1.54) is 23.8 Å². The van der Waals surface area contributed by atoms with Crippen LogP contribution >= 0.6 is 0 Å². The summed E-state index contributed by atoms with van der Waals surface area (Å²) < 4.78 is 11.2. The zero-order valence-corrected chi connectivity index (χ0v) is 11.0. The fourth-order valence-corrected chi connectivity index (χ4v) is 2.36. The average Bonchev–Trinajstić information content (AvgIpc) is 3.16. The van der Waals surface area contributed by atoms with Gasteiger partial charge in [-0.15, -0.1) is 0 Å². The standard InChI is InChI=1S/C15H19NO2/c1-3-12-13-8-11(17-2)6-7-14(13)18-15(12)9-16-10-4-5-10/h6-8,10,16H,3-5,9H2,1-2H3. The first-order chi connectivity index (χ1) is 8.81. The number of methoxy groups -OCH3 is 1. The van der Waals surface area contributed by atoms with Gasteiger partial charge in [-0.25, -0.2) is 0 Å². The van der Waals surface area contributed by atoms with Gasteiger partial charge < -0.3 is 14.5 Å². The first kappa shape index (κ1) is 11.6. The molecule has 18 heavy (non-hydrogen) atoms. The molecule has 1 aromatic carbocycles. The van der Waals surface area contributed by atoms with Crippen LogP contribution in [-0.2, 0) is 13.0 Å².